The Morgan fingerprint density at radius 1 is 1.35 bits per heavy atom. The summed E-state index contributed by atoms with van der Waals surface area (Å²) in [6.07, 6.45) is 3.31. The molecule has 3 nitrogen and oxygen atoms in total. The number of carbonyl (C=O) groups is 1. The number of aromatic carboxylic acids is 1. The van der Waals surface area contributed by atoms with Gasteiger partial charge in [0.2, 0.25) is 0 Å². The lowest BCUT2D eigenvalue weighted by Gasteiger charge is -2.24. The van der Waals surface area contributed by atoms with Gasteiger partial charge in [0, 0.05) is 13.1 Å². The first kappa shape index (κ1) is 14.8. The number of carboxylic acid groups (broad SMARTS) is 1. The van der Waals surface area contributed by atoms with Gasteiger partial charge in [0.25, 0.3) is 0 Å². The van der Waals surface area contributed by atoms with E-state index in [1.54, 1.807) is 6.07 Å². The number of nitrogens with zero attached hydrogens (tertiary/aromatic N) is 1. The van der Waals surface area contributed by atoms with Crippen molar-refractivity contribution in [1.29, 1.82) is 0 Å². The van der Waals surface area contributed by atoms with Gasteiger partial charge in [-0.05, 0) is 49.3 Å². The Hall–Kier alpha value is -1.58. The van der Waals surface area contributed by atoms with E-state index in [1.165, 1.54) is 12.5 Å². The first-order valence-corrected chi connectivity index (χ1v) is 7.27. The Labute approximate surface area is 119 Å². The quantitative estimate of drug-likeness (QED) is 0.915. The average Bonchev–Trinajstić information content (AvgIpc) is 2.64. The van der Waals surface area contributed by atoms with E-state index < -0.39 is 11.8 Å². The molecule has 1 atom stereocenters. The Balaban J connectivity index is 2.13. The van der Waals surface area contributed by atoms with Crippen molar-refractivity contribution in [3.05, 3.63) is 29.6 Å². The van der Waals surface area contributed by atoms with E-state index >= 15 is 0 Å². The molecule has 2 rings (SSSR count). The van der Waals surface area contributed by atoms with Crippen LogP contribution in [0.2, 0.25) is 0 Å². The molecule has 4 heteroatoms. The number of carboxylic acids is 1. The molecule has 0 saturated carbocycles. The highest BCUT2D eigenvalue weighted by molar-refractivity contribution is 5.88. The fourth-order valence-electron chi connectivity index (χ4n) is 2.93. The molecule has 1 aliphatic heterocycles. The number of rotatable bonds is 3. The van der Waals surface area contributed by atoms with Crippen LogP contribution in [0.15, 0.2) is 18.2 Å². The number of anilines is 1. The molecule has 1 fully saturated rings. The lowest BCUT2D eigenvalue weighted by atomic mass is 9.89. The Bertz CT molecular complexity index is 487. The van der Waals surface area contributed by atoms with Gasteiger partial charge >= 0.3 is 5.97 Å². The van der Waals surface area contributed by atoms with Crippen molar-refractivity contribution in [3.8, 4) is 0 Å². The maximum absolute atomic E-state index is 14.1. The van der Waals surface area contributed by atoms with E-state index in [0.29, 0.717) is 17.5 Å². The van der Waals surface area contributed by atoms with Crippen molar-refractivity contribution in [1.82, 2.24) is 0 Å². The molecule has 20 heavy (non-hydrogen) atoms. The summed E-state index contributed by atoms with van der Waals surface area (Å²) < 4.78 is 14.1. The van der Waals surface area contributed by atoms with E-state index in [2.05, 4.69) is 13.8 Å². The van der Waals surface area contributed by atoms with Crippen LogP contribution in [0.5, 0.6) is 0 Å². The molecule has 1 aromatic rings. The second-order valence-corrected chi connectivity index (χ2v) is 5.89. The van der Waals surface area contributed by atoms with Gasteiger partial charge in [0.1, 0.15) is 5.82 Å². The van der Waals surface area contributed by atoms with Gasteiger partial charge in [0.05, 0.1) is 11.3 Å². The maximum atomic E-state index is 14.1. The van der Waals surface area contributed by atoms with E-state index in [1.807, 2.05) is 4.90 Å². The summed E-state index contributed by atoms with van der Waals surface area (Å²) in [7, 11) is 0. The van der Waals surface area contributed by atoms with Crippen LogP contribution >= 0.6 is 0 Å². The molecule has 1 unspecified atom stereocenters. The molecule has 1 heterocycles. The molecular weight excluding hydrogens is 257 g/mol. The predicted octanol–water partition coefficient (Wildman–Crippen LogP) is 3.79. The molecule has 1 saturated heterocycles. The number of hydrogen-bond donors (Lipinski definition) is 1. The molecule has 0 radical (unpaired) electrons. The summed E-state index contributed by atoms with van der Waals surface area (Å²) in [6.45, 7) is 6.16. The Morgan fingerprint density at radius 2 is 2.10 bits per heavy atom. The third-order valence-electron chi connectivity index (χ3n) is 4.25. The topological polar surface area (TPSA) is 40.5 Å². The standard InChI is InChI=1S/C16H22FNO2/c1-11(2)12-4-3-8-18(9-7-12)15-6-5-13(16(19)20)10-14(15)17/h5-6,10-12H,3-4,7-9H2,1-2H3,(H,19,20). The summed E-state index contributed by atoms with van der Waals surface area (Å²) in [5.74, 6) is -0.172. The van der Waals surface area contributed by atoms with Gasteiger partial charge in [-0.2, -0.15) is 0 Å². The second kappa shape index (κ2) is 6.25. The normalized spacial score (nSPS) is 20.0. The molecule has 0 amide bonds. The van der Waals surface area contributed by atoms with Crippen molar-refractivity contribution in [2.24, 2.45) is 11.8 Å². The highest BCUT2D eigenvalue weighted by Gasteiger charge is 2.21. The van der Waals surface area contributed by atoms with Crippen molar-refractivity contribution >= 4 is 11.7 Å². The summed E-state index contributed by atoms with van der Waals surface area (Å²) in [5.41, 5.74) is 0.528. The van der Waals surface area contributed by atoms with E-state index in [-0.39, 0.29) is 5.56 Å². The van der Waals surface area contributed by atoms with Gasteiger partial charge in [-0.25, -0.2) is 9.18 Å². The van der Waals surface area contributed by atoms with Gasteiger partial charge in [-0.1, -0.05) is 13.8 Å². The molecule has 0 aromatic heterocycles. The molecule has 1 N–H and O–H groups in total. The molecule has 1 aromatic carbocycles. The van der Waals surface area contributed by atoms with Crippen LogP contribution in [-0.4, -0.2) is 24.2 Å². The number of halogens is 1. The number of benzene rings is 1. The fraction of sp³-hybridized carbons (Fsp3) is 0.562. The zero-order valence-electron chi connectivity index (χ0n) is 12.1. The lowest BCUT2D eigenvalue weighted by molar-refractivity contribution is 0.0696. The fourth-order valence-corrected chi connectivity index (χ4v) is 2.93. The van der Waals surface area contributed by atoms with Crippen molar-refractivity contribution in [2.75, 3.05) is 18.0 Å². The van der Waals surface area contributed by atoms with Crippen LogP contribution in [0.4, 0.5) is 10.1 Å². The van der Waals surface area contributed by atoms with Gasteiger partial charge < -0.3 is 10.0 Å². The largest absolute Gasteiger partial charge is 0.478 e. The Morgan fingerprint density at radius 3 is 2.70 bits per heavy atom. The van der Waals surface area contributed by atoms with Crippen molar-refractivity contribution in [3.63, 3.8) is 0 Å². The van der Waals surface area contributed by atoms with Crippen LogP contribution in [0.3, 0.4) is 0 Å². The summed E-state index contributed by atoms with van der Waals surface area (Å²) in [5, 5.41) is 8.87. The van der Waals surface area contributed by atoms with E-state index in [4.69, 9.17) is 5.11 Å². The van der Waals surface area contributed by atoms with Gasteiger partial charge in [-0.3, -0.25) is 0 Å². The molecule has 0 aliphatic carbocycles. The van der Waals surface area contributed by atoms with Gasteiger partial charge in [0.15, 0.2) is 0 Å². The highest BCUT2D eigenvalue weighted by atomic mass is 19.1. The van der Waals surface area contributed by atoms with E-state index in [9.17, 15) is 9.18 Å². The zero-order chi connectivity index (χ0) is 14.7. The van der Waals surface area contributed by atoms with Crippen molar-refractivity contribution < 1.29 is 14.3 Å². The smallest absolute Gasteiger partial charge is 0.335 e. The molecular formula is C16H22FNO2. The van der Waals surface area contributed by atoms with Crippen LogP contribution in [-0.2, 0) is 0 Å². The summed E-state index contributed by atoms with van der Waals surface area (Å²) >= 11 is 0. The third kappa shape index (κ3) is 3.30. The zero-order valence-corrected chi connectivity index (χ0v) is 12.1. The summed E-state index contributed by atoms with van der Waals surface area (Å²) in [4.78, 5) is 12.9. The first-order chi connectivity index (χ1) is 9.49. The third-order valence-corrected chi connectivity index (χ3v) is 4.25. The summed E-state index contributed by atoms with van der Waals surface area (Å²) in [6, 6.07) is 4.18. The average molecular weight is 279 g/mol. The molecule has 110 valence electrons. The van der Waals surface area contributed by atoms with Crippen LogP contribution in [0, 0.1) is 17.7 Å². The molecule has 0 bridgehead atoms. The SMILES string of the molecule is CC(C)C1CCCN(c2ccc(C(=O)O)cc2F)CC1. The van der Waals surface area contributed by atoms with Crippen LogP contribution < -0.4 is 4.90 Å². The monoisotopic (exact) mass is 279 g/mol. The second-order valence-electron chi connectivity index (χ2n) is 5.89. The molecule has 0 spiro atoms. The minimum absolute atomic E-state index is 0.00105. The lowest BCUT2D eigenvalue weighted by Crippen LogP contribution is -2.25. The van der Waals surface area contributed by atoms with Crippen LogP contribution in [0.25, 0.3) is 0 Å². The van der Waals surface area contributed by atoms with E-state index in [0.717, 1.165) is 32.0 Å². The number of hydrogen-bond acceptors (Lipinski definition) is 2. The predicted molar refractivity (Wildman–Crippen MR) is 77.8 cm³/mol. The van der Waals surface area contributed by atoms with Crippen molar-refractivity contribution in [2.45, 2.75) is 33.1 Å². The van der Waals surface area contributed by atoms with Crippen LogP contribution in [0.1, 0.15) is 43.5 Å². The minimum atomic E-state index is -1.09. The minimum Gasteiger partial charge on any atom is -0.478 e. The Kier molecular flexibility index (Phi) is 4.63. The molecule has 1 aliphatic rings. The van der Waals surface area contributed by atoms with Gasteiger partial charge in [-0.15, -0.1) is 0 Å². The highest BCUT2D eigenvalue weighted by Crippen LogP contribution is 2.28. The maximum Gasteiger partial charge on any atom is 0.335 e. The first-order valence-electron chi connectivity index (χ1n) is 7.27.